The Balaban J connectivity index is 1.22. The lowest BCUT2D eigenvalue weighted by Gasteiger charge is -2.65. The molecule has 0 bridgehead atoms. The predicted octanol–water partition coefficient (Wildman–Crippen LogP) is 1.93. The SMILES string of the molecule is CO[C@@H]1[C@@H](O)[C@H](O)[C@@H](C)O[C@H]1N(OC)[C@@H]1CC[C@@]2(C)[C@H](CC[C@@H]3[C@@H]2C[C@@H](O)[C@]2(C)[C@@H](C4=CC(=O)OC4)CC[C@]32O)C1. The Morgan fingerprint density at radius 2 is 1.76 bits per heavy atom. The van der Waals surface area contributed by atoms with E-state index in [1.807, 2.05) is 12.0 Å². The molecular weight excluding hydrogens is 530 g/mol. The monoisotopic (exact) mass is 579 g/mol. The van der Waals surface area contributed by atoms with Gasteiger partial charge in [0.15, 0.2) is 6.23 Å². The molecule has 4 aliphatic carbocycles. The molecule has 0 amide bonds. The average Bonchev–Trinajstić information content (AvgIpc) is 3.49. The maximum absolute atomic E-state index is 12.5. The molecule has 6 aliphatic rings. The standard InChI is InChI=1S/C31H49NO9/c1-16-25(35)26(36)27(38-4)28(41-16)32(39-5)19-8-10-29(2)18(13-19)6-7-21-22(29)14-23(33)30(3)20(9-11-31(21,30)37)17-12-24(34)40-15-17/h12,16,18-23,25-28,33,35-37H,6-11,13-15H2,1-5H3/t16-,18-,19-,20-,21-,22+,23-,25-,26+,27-,28-,29+,30+,31+/m1/s1. The van der Waals surface area contributed by atoms with Crippen molar-refractivity contribution in [3.63, 3.8) is 0 Å². The highest BCUT2D eigenvalue weighted by Gasteiger charge is 2.71. The summed E-state index contributed by atoms with van der Waals surface area (Å²) in [6.07, 6.45) is 3.33. The number of fused-ring (bicyclic) bond motifs is 5. The second kappa shape index (κ2) is 10.5. The molecule has 14 atom stereocenters. The quantitative estimate of drug-likeness (QED) is 0.282. The zero-order chi connectivity index (χ0) is 29.5. The van der Waals surface area contributed by atoms with Crippen LogP contribution in [0.2, 0.25) is 0 Å². The fraction of sp³-hybridized carbons (Fsp3) is 0.903. The van der Waals surface area contributed by atoms with Gasteiger partial charge in [0.2, 0.25) is 0 Å². The fourth-order valence-electron chi connectivity index (χ4n) is 10.5. The largest absolute Gasteiger partial charge is 0.458 e. The Hall–Kier alpha value is -1.11. The van der Waals surface area contributed by atoms with Gasteiger partial charge in [0.1, 0.15) is 24.9 Å². The second-order valence-electron chi connectivity index (χ2n) is 14.3. The van der Waals surface area contributed by atoms with E-state index in [0.717, 1.165) is 44.1 Å². The highest BCUT2D eigenvalue weighted by molar-refractivity contribution is 5.85. The minimum atomic E-state index is -1.09. The zero-order valence-electron chi connectivity index (χ0n) is 25.1. The zero-order valence-corrected chi connectivity index (χ0v) is 25.1. The summed E-state index contributed by atoms with van der Waals surface area (Å²) >= 11 is 0. The number of cyclic esters (lactones) is 1. The van der Waals surface area contributed by atoms with E-state index in [2.05, 4.69) is 6.92 Å². The van der Waals surface area contributed by atoms with E-state index >= 15 is 0 Å². The van der Waals surface area contributed by atoms with Gasteiger partial charge in [-0.25, -0.2) is 4.79 Å². The van der Waals surface area contributed by atoms with Crippen molar-refractivity contribution in [2.24, 2.45) is 34.5 Å². The molecule has 10 heteroatoms. The molecule has 232 valence electrons. The second-order valence-corrected chi connectivity index (χ2v) is 14.3. The first-order valence-corrected chi connectivity index (χ1v) is 15.5. The third kappa shape index (κ3) is 4.23. The number of carbonyl (C=O) groups excluding carboxylic acids is 1. The Kier molecular flexibility index (Phi) is 7.67. The van der Waals surface area contributed by atoms with Gasteiger partial charge in [-0.3, -0.25) is 4.84 Å². The molecule has 4 saturated carbocycles. The molecular formula is C31H49NO9. The van der Waals surface area contributed by atoms with Crippen molar-refractivity contribution in [3.05, 3.63) is 11.6 Å². The summed E-state index contributed by atoms with van der Waals surface area (Å²) in [4.78, 5) is 17.8. The summed E-state index contributed by atoms with van der Waals surface area (Å²) < 4.78 is 16.9. The van der Waals surface area contributed by atoms with Crippen LogP contribution in [0.4, 0.5) is 0 Å². The van der Waals surface area contributed by atoms with Crippen molar-refractivity contribution in [3.8, 4) is 0 Å². The molecule has 10 nitrogen and oxygen atoms in total. The van der Waals surface area contributed by atoms with Gasteiger partial charge in [-0.15, -0.1) is 0 Å². The van der Waals surface area contributed by atoms with Crippen molar-refractivity contribution in [1.29, 1.82) is 0 Å². The number of aliphatic hydroxyl groups excluding tert-OH is 3. The van der Waals surface area contributed by atoms with E-state index in [-0.39, 0.29) is 41.8 Å². The molecule has 0 unspecified atom stereocenters. The molecule has 41 heavy (non-hydrogen) atoms. The van der Waals surface area contributed by atoms with E-state index < -0.39 is 47.8 Å². The lowest BCUT2D eigenvalue weighted by molar-refractivity contribution is -0.343. The number of hydroxylamine groups is 2. The third-order valence-electron chi connectivity index (χ3n) is 12.9. The number of nitrogens with zero attached hydrogens (tertiary/aromatic N) is 1. The van der Waals surface area contributed by atoms with Gasteiger partial charge in [0.05, 0.1) is 24.9 Å². The van der Waals surface area contributed by atoms with Gasteiger partial charge in [0, 0.05) is 24.6 Å². The molecule has 2 heterocycles. The minimum Gasteiger partial charge on any atom is -0.458 e. The molecule has 0 radical (unpaired) electrons. The highest BCUT2D eigenvalue weighted by atomic mass is 16.7. The van der Waals surface area contributed by atoms with Crippen LogP contribution in [0.15, 0.2) is 11.6 Å². The van der Waals surface area contributed by atoms with Crippen LogP contribution in [0.1, 0.15) is 72.1 Å². The topological polar surface area (TPSA) is 138 Å². The molecule has 1 saturated heterocycles. The highest BCUT2D eigenvalue weighted by Crippen LogP contribution is 2.70. The maximum atomic E-state index is 12.5. The first-order valence-electron chi connectivity index (χ1n) is 15.5. The number of rotatable bonds is 5. The summed E-state index contributed by atoms with van der Waals surface area (Å²) in [5, 5.41) is 47.2. The number of hydrogen-bond acceptors (Lipinski definition) is 10. The van der Waals surface area contributed by atoms with Crippen LogP contribution in [-0.4, -0.2) is 101 Å². The summed E-state index contributed by atoms with van der Waals surface area (Å²) in [5.41, 5.74) is -0.837. The average molecular weight is 580 g/mol. The summed E-state index contributed by atoms with van der Waals surface area (Å²) in [6, 6.07) is 0.0384. The molecule has 6 rings (SSSR count). The van der Waals surface area contributed by atoms with Crippen LogP contribution in [0, 0.1) is 34.5 Å². The number of carbonyl (C=O) groups is 1. The number of esters is 1. The number of ether oxygens (including phenoxy) is 3. The first kappa shape index (κ1) is 29.9. The third-order valence-corrected chi connectivity index (χ3v) is 12.9. The van der Waals surface area contributed by atoms with Gasteiger partial charge in [-0.05, 0) is 93.0 Å². The molecule has 0 aromatic rings. The van der Waals surface area contributed by atoms with E-state index in [1.165, 1.54) is 7.11 Å². The molecule has 0 spiro atoms. The van der Waals surface area contributed by atoms with E-state index in [4.69, 9.17) is 19.0 Å². The van der Waals surface area contributed by atoms with Crippen molar-refractivity contribution in [2.45, 2.75) is 121 Å². The van der Waals surface area contributed by atoms with Crippen LogP contribution in [-0.2, 0) is 23.8 Å². The van der Waals surface area contributed by atoms with Crippen LogP contribution in [0.3, 0.4) is 0 Å². The van der Waals surface area contributed by atoms with E-state index in [9.17, 15) is 25.2 Å². The Morgan fingerprint density at radius 1 is 1.00 bits per heavy atom. The van der Waals surface area contributed by atoms with E-state index in [0.29, 0.717) is 18.8 Å². The minimum absolute atomic E-state index is 0.0384. The summed E-state index contributed by atoms with van der Waals surface area (Å²) in [7, 11) is 3.13. The van der Waals surface area contributed by atoms with Gasteiger partial charge >= 0.3 is 5.97 Å². The molecule has 0 aromatic carbocycles. The number of methoxy groups -OCH3 is 1. The Bertz CT molecular complexity index is 1050. The fourth-order valence-corrected chi connectivity index (χ4v) is 10.5. The van der Waals surface area contributed by atoms with Crippen LogP contribution in [0.5, 0.6) is 0 Å². The summed E-state index contributed by atoms with van der Waals surface area (Å²) in [5.74, 6) is 0.265. The molecule has 4 N–H and O–H groups in total. The van der Waals surface area contributed by atoms with Crippen molar-refractivity contribution < 1.29 is 44.3 Å². The predicted molar refractivity (Wildman–Crippen MR) is 147 cm³/mol. The Labute approximate surface area is 242 Å². The van der Waals surface area contributed by atoms with Gasteiger partial charge in [-0.2, -0.15) is 5.06 Å². The molecule has 0 aromatic heterocycles. The lowest BCUT2D eigenvalue weighted by atomic mass is 9.42. The number of hydrogen-bond donors (Lipinski definition) is 4. The van der Waals surface area contributed by atoms with Crippen molar-refractivity contribution in [1.82, 2.24) is 5.06 Å². The summed E-state index contributed by atoms with van der Waals surface area (Å²) in [6.45, 7) is 6.40. The molecule has 2 aliphatic heterocycles. The van der Waals surface area contributed by atoms with Crippen molar-refractivity contribution >= 4 is 5.97 Å². The van der Waals surface area contributed by atoms with Crippen LogP contribution >= 0.6 is 0 Å². The Morgan fingerprint density at radius 3 is 2.41 bits per heavy atom. The van der Waals surface area contributed by atoms with Gasteiger partial charge in [0.25, 0.3) is 0 Å². The maximum Gasteiger partial charge on any atom is 0.331 e. The van der Waals surface area contributed by atoms with Crippen LogP contribution < -0.4 is 0 Å². The van der Waals surface area contributed by atoms with Gasteiger partial charge < -0.3 is 34.6 Å². The molecule has 5 fully saturated rings. The smallest absolute Gasteiger partial charge is 0.331 e. The van der Waals surface area contributed by atoms with Gasteiger partial charge in [-0.1, -0.05) is 13.8 Å². The first-order chi connectivity index (χ1) is 19.4. The van der Waals surface area contributed by atoms with Crippen molar-refractivity contribution in [2.75, 3.05) is 20.8 Å². The number of aliphatic hydroxyl groups is 4. The lowest BCUT2D eigenvalue weighted by Crippen LogP contribution is -2.68. The normalized spacial score (nSPS) is 53.4. The van der Waals surface area contributed by atoms with Crippen LogP contribution in [0.25, 0.3) is 0 Å². The van der Waals surface area contributed by atoms with E-state index in [1.54, 1.807) is 20.1 Å².